The minimum atomic E-state index is 0.249. The van der Waals surface area contributed by atoms with Gasteiger partial charge in [0.05, 0.1) is 24.4 Å². The first-order valence-corrected chi connectivity index (χ1v) is 22.3. The molecule has 0 bridgehead atoms. The van der Waals surface area contributed by atoms with Crippen molar-refractivity contribution in [1.82, 2.24) is 9.80 Å². The molecule has 18 atom stereocenters. The summed E-state index contributed by atoms with van der Waals surface area (Å²) in [5, 5.41) is 0. The molecule has 0 aromatic heterocycles. The number of morpholine rings is 2. The highest BCUT2D eigenvalue weighted by Gasteiger charge is 2.78. The van der Waals surface area contributed by atoms with Crippen molar-refractivity contribution in [2.75, 3.05) is 0 Å². The van der Waals surface area contributed by atoms with E-state index in [-0.39, 0.29) is 18.9 Å². The summed E-state index contributed by atoms with van der Waals surface area (Å²) < 4.78 is 16.0. The van der Waals surface area contributed by atoms with Gasteiger partial charge in [-0.3, -0.25) is 9.80 Å². The van der Waals surface area contributed by atoms with Crippen molar-refractivity contribution in [3.63, 3.8) is 0 Å². The van der Waals surface area contributed by atoms with E-state index >= 15 is 0 Å². The van der Waals surface area contributed by atoms with Crippen molar-refractivity contribution in [2.45, 2.75) is 167 Å². The molecule has 14 rings (SSSR count). The number of hydrogen-bond donors (Lipinski definition) is 0. The fourth-order valence-electron chi connectivity index (χ4n) is 18.6. The van der Waals surface area contributed by atoms with Crippen LogP contribution < -0.4 is 10.9 Å². The van der Waals surface area contributed by atoms with E-state index in [0.29, 0.717) is 42.2 Å². The third-order valence-corrected chi connectivity index (χ3v) is 19.3. The predicted molar refractivity (Wildman–Crippen MR) is 203 cm³/mol. The molecule has 264 valence electrons. The van der Waals surface area contributed by atoms with Crippen LogP contribution in [0.3, 0.4) is 0 Å². The average molecular weight is 679 g/mol. The maximum atomic E-state index is 8.00. The van der Waals surface area contributed by atoms with Gasteiger partial charge in [0.1, 0.15) is 0 Å². The molecule has 0 spiro atoms. The first-order chi connectivity index (χ1) is 25.3. The summed E-state index contributed by atoms with van der Waals surface area (Å²) in [4.78, 5) is 6.81. The first kappa shape index (κ1) is 29.7. The minimum Gasteiger partial charge on any atom is -0.372 e. The monoisotopic (exact) mass is 678 g/mol. The zero-order chi connectivity index (χ0) is 32.7. The van der Waals surface area contributed by atoms with Gasteiger partial charge in [-0.1, -0.05) is 97.3 Å². The van der Waals surface area contributed by atoms with Gasteiger partial charge in [-0.05, 0) is 111 Å². The molecule has 0 N–H and O–H groups in total. The second kappa shape index (κ2) is 10.6. The van der Waals surface area contributed by atoms with Crippen LogP contribution in [-0.2, 0) is 9.47 Å². The Morgan fingerprint density at radius 1 is 0.471 bits per heavy atom. The molecule has 4 nitrogen and oxygen atoms in total. The third kappa shape index (κ3) is 3.68. The number of benzene rings is 2. The summed E-state index contributed by atoms with van der Waals surface area (Å²) in [6, 6.07) is 27.6. The fraction of sp³-hybridized carbons (Fsp3) is 0.733. The lowest BCUT2D eigenvalue weighted by molar-refractivity contribution is -0.290. The van der Waals surface area contributed by atoms with E-state index in [1.165, 1.54) is 75.1 Å². The van der Waals surface area contributed by atoms with Crippen molar-refractivity contribution in [3.8, 4) is 0 Å². The Morgan fingerprint density at radius 2 is 0.922 bits per heavy atom. The quantitative estimate of drug-likeness (QED) is 0.345. The van der Waals surface area contributed by atoms with Gasteiger partial charge >= 0.3 is 0 Å². The van der Waals surface area contributed by atoms with Crippen LogP contribution in [0.25, 0.3) is 0 Å². The summed E-state index contributed by atoms with van der Waals surface area (Å²) in [5.41, 5.74) is 2.96. The predicted octanol–water partition coefficient (Wildman–Crippen LogP) is 6.53. The van der Waals surface area contributed by atoms with Gasteiger partial charge < -0.3 is 9.47 Å². The standard InChI is InChI=1S/C45H56B2N2O2/c1-3-11-30(12-4-1)46(31-13-5-2-6-14-31)37-44-42-36-43-45(37)51-33-16-8-10-27-23-29-20-18-25-21-24-17-19-28-22-26-9-7-15-32(50-44)38(26)48(42)40(28)34(24)47(36)35(25)41(29)49(43)39(27)33/h1-6,11-14,24-29,32-45H,7-10,15-23H2. The Bertz CT molecular complexity index is 1590. The van der Waals surface area contributed by atoms with Crippen LogP contribution in [0, 0.1) is 35.5 Å². The lowest BCUT2D eigenvalue weighted by atomic mass is 9.12. The number of nitrogens with zero attached hydrogens (tertiary/aromatic N) is 2. The molecule has 2 aromatic rings. The molecule has 18 unspecified atom stereocenters. The fourth-order valence-corrected chi connectivity index (χ4v) is 18.6. The number of hydrogen-bond acceptors (Lipinski definition) is 4. The maximum Gasteiger partial charge on any atom is 0.217 e. The highest BCUT2D eigenvalue weighted by atomic mass is 16.5. The SMILES string of the molecule is c1ccc(B(c2ccccc2)C2C3OC4CCCC5CC6CCC7CC8CCC9CC%10CCCC%11OC2C2C%12B(C7C6N(C54)C3%12)C8C9N2C%10%11)cc1. The van der Waals surface area contributed by atoms with Crippen LogP contribution in [-0.4, -0.2) is 83.9 Å². The Balaban J connectivity index is 1.03. The summed E-state index contributed by atoms with van der Waals surface area (Å²) >= 11 is 0. The van der Waals surface area contributed by atoms with Crippen molar-refractivity contribution in [1.29, 1.82) is 0 Å². The molecule has 0 radical (unpaired) electrons. The zero-order valence-electron chi connectivity index (χ0n) is 30.4. The smallest absolute Gasteiger partial charge is 0.217 e. The highest BCUT2D eigenvalue weighted by Crippen LogP contribution is 2.74. The van der Waals surface area contributed by atoms with Crippen molar-refractivity contribution < 1.29 is 9.47 Å². The summed E-state index contributed by atoms with van der Waals surface area (Å²) in [6.07, 6.45) is 20.2. The lowest BCUT2D eigenvalue weighted by Crippen LogP contribution is -2.88. The molecule has 2 aromatic carbocycles. The van der Waals surface area contributed by atoms with Gasteiger partial charge in [0, 0.05) is 42.1 Å². The molecule has 7 heterocycles. The molecule has 6 heteroatoms. The van der Waals surface area contributed by atoms with E-state index in [9.17, 15) is 0 Å². The Labute approximate surface area is 306 Å². The van der Waals surface area contributed by atoms with Gasteiger partial charge in [0.25, 0.3) is 0 Å². The topological polar surface area (TPSA) is 24.9 Å². The Kier molecular flexibility index (Phi) is 6.17. The first-order valence-electron chi connectivity index (χ1n) is 22.3. The van der Waals surface area contributed by atoms with Crippen LogP contribution in [0.5, 0.6) is 0 Å². The molecular weight excluding hydrogens is 622 g/mol. The zero-order valence-corrected chi connectivity index (χ0v) is 30.4. The molecule has 5 aliphatic carbocycles. The van der Waals surface area contributed by atoms with E-state index in [2.05, 4.69) is 70.5 Å². The number of piperidine rings is 2. The molecule has 51 heavy (non-hydrogen) atoms. The van der Waals surface area contributed by atoms with E-state index in [1.807, 2.05) is 0 Å². The van der Waals surface area contributed by atoms with Gasteiger partial charge in [-0.15, -0.1) is 0 Å². The van der Waals surface area contributed by atoms with Crippen LogP contribution in [0.15, 0.2) is 60.7 Å². The maximum absolute atomic E-state index is 8.00. The normalized spacial score (nSPS) is 54.9. The van der Waals surface area contributed by atoms with Crippen LogP contribution in [0.1, 0.15) is 83.5 Å². The molecule has 5 saturated carbocycles. The average Bonchev–Trinajstić information content (AvgIpc) is 3.18. The number of ether oxygens (including phenoxy) is 2. The van der Waals surface area contributed by atoms with Gasteiger partial charge in [-0.2, -0.15) is 0 Å². The molecule has 7 aliphatic heterocycles. The van der Waals surface area contributed by atoms with Gasteiger partial charge in [0.2, 0.25) is 6.71 Å². The van der Waals surface area contributed by atoms with E-state index in [1.54, 1.807) is 19.3 Å². The van der Waals surface area contributed by atoms with Crippen molar-refractivity contribution in [3.05, 3.63) is 60.7 Å². The molecule has 7 saturated heterocycles. The Morgan fingerprint density at radius 3 is 1.43 bits per heavy atom. The molecule has 12 aliphatic rings. The van der Waals surface area contributed by atoms with E-state index in [0.717, 1.165) is 71.8 Å². The van der Waals surface area contributed by atoms with Crippen LogP contribution in [0.4, 0.5) is 0 Å². The molecular formula is C45H56B2N2O2. The minimum absolute atomic E-state index is 0.249. The van der Waals surface area contributed by atoms with Crippen molar-refractivity contribution >= 4 is 24.4 Å². The van der Waals surface area contributed by atoms with Crippen LogP contribution >= 0.6 is 0 Å². The summed E-state index contributed by atoms with van der Waals surface area (Å²) in [6.45, 7) is 1.19. The lowest BCUT2D eigenvalue weighted by Gasteiger charge is -2.80. The summed E-state index contributed by atoms with van der Waals surface area (Å²) in [7, 11) is 0. The number of rotatable bonds is 3. The highest BCUT2D eigenvalue weighted by molar-refractivity contribution is 6.86. The molecule has 12 fully saturated rings. The van der Waals surface area contributed by atoms with Crippen molar-refractivity contribution in [2.24, 2.45) is 35.5 Å². The second-order valence-corrected chi connectivity index (χ2v) is 20.6. The van der Waals surface area contributed by atoms with E-state index in [4.69, 9.17) is 9.47 Å². The largest absolute Gasteiger partial charge is 0.372 e. The second-order valence-electron chi connectivity index (χ2n) is 20.6. The third-order valence-electron chi connectivity index (χ3n) is 19.3. The van der Waals surface area contributed by atoms with Crippen LogP contribution in [0.2, 0.25) is 23.3 Å². The summed E-state index contributed by atoms with van der Waals surface area (Å²) in [5.74, 6) is 8.44. The van der Waals surface area contributed by atoms with E-state index < -0.39 is 0 Å². The Hall–Kier alpha value is -1.59. The molecule has 0 amide bonds. The van der Waals surface area contributed by atoms with Gasteiger partial charge in [0.15, 0.2) is 6.71 Å². The van der Waals surface area contributed by atoms with Gasteiger partial charge in [-0.25, -0.2) is 0 Å².